The van der Waals surface area contributed by atoms with Crippen LogP contribution >= 0.6 is 11.6 Å². The highest BCUT2D eigenvalue weighted by molar-refractivity contribution is 7.91. The fourth-order valence-electron chi connectivity index (χ4n) is 2.87. The van der Waals surface area contributed by atoms with Crippen molar-refractivity contribution in [1.82, 2.24) is 19.4 Å². The first-order valence-electron chi connectivity index (χ1n) is 9.09. The van der Waals surface area contributed by atoms with Crippen LogP contribution in [0.4, 0.5) is 5.69 Å². The lowest BCUT2D eigenvalue weighted by Gasteiger charge is -2.06. The Balaban J connectivity index is 1.62. The van der Waals surface area contributed by atoms with Gasteiger partial charge in [0, 0.05) is 10.7 Å². The van der Waals surface area contributed by atoms with Gasteiger partial charge in [-0.15, -0.1) is 10.2 Å². The molecule has 2 heterocycles. The highest BCUT2D eigenvalue weighted by Crippen LogP contribution is 2.20. The molecule has 1 N–H and O–H groups in total. The van der Waals surface area contributed by atoms with E-state index in [4.69, 9.17) is 11.6 Å². The van der Waals surface area contributed by atoms with Gasteiger partial charge in [-0.1, -0.05) is 35.9 Å². The van der Waals surface area contributed by atoms with Crippen molar-refractivity contribution in [2.75, 3.05) is 5.32 Å². The number of rotatable bonds is 5. The summed E-state index contributed by atoms with van der Waals surface area (Å²) < 4.78 is 27.3. The van der Waals surface area contributed by atoms with Crippen LogP contribution in [0.25, 0.3) is 5.65 Å². The molecule has 1 amide bonds. The maximum atomic E-state index is 12.7. The van der Waals surface area contributed by atoms with E-state index in [1.165, 1.54) is 24.3 Å². The van der Waals surface area contributed by atoms with Gasteiger partial charge < -0.3 is 5.32 Å². The molecule has 0 saturated heterocycles. The molecule has 0 spiro atoms. The summed E-state index contributed by atoms with van der Waals surface area (Å²) in [6, 6.07) is 15.4. The summed E-state index contributed by atoms with van der Waals surface area (Å²) in [6.45, 7) is 1.46. The SMILES string of the molecule is Cc1ccc(NC(=O)Cn2nc3ccc(S(=O)(=O)c4ccccc4)nn3c2=O)cc1Cl. The maximum Gasteiger partial charge on any atom is 0.367 e. The van der Waals surface area contributed by atoms with Gasteiger partial charge in [0.2, 0.25) is 15.7 Å². The predicted octanol–water partition coefficient (Wildman–Crippen LogP) is 2.32. The first-order chi connectivity index (χ1) is 14.8. The summed E-state index contributed by atoms with van der Waals surface area (Å²) in [5, 5.41) is 10.8. The van der Waals surface area contributed by atoms with Crippen molar-refractivity contribution in [3.05, 3.63) is 81.7 Å². The van der Waals surface area contributed by atoms with Crippen LogP contribution < -0.4 is 11.0 Å². The summed E-state index contributed by atoms with van der Waals surface area (Å²) in [5.74, 6) is -0.498. The van der Waals surface area contributed by atoms with Gasteiger partial charge in [0.1, 0.15) is 6.54 Å². The van der Waals surface area contributed by atoms with E-state index >= 15 is 0 Å². The fraction of sp³-hybridized carbons (Fsp3) is 0.100. The van der Waals surface area contributed by atoms with Gasteiger partial charge in [0.15, 0.2) is 10.7 Å². The first-order valence-corrected chi connectivity index (χ1v) is 10.9. The first kappa shape index (κ1) is 20.8. The zero-order valence-electron chi connectivity index (χ0n) is 16.2. The van der Waals surface area contributed by atoms with E-state index in [-0.39, 0.29) is 22.1 Å². The van der Waals surface area contributed by atoms with Crippen molar-refractivity contribution >= 4 is 38.7 Å². The highest BCUT2D eigenvalue weighted by Gasteiger charge is 2.21. The molecule has 158 valence electrons. The number of hydrogen-bond donors (Lipinski definition) is 1. The van der Waals surface area contributed by atoms with E-state index in [1.807, 2.05) is 6.92 Å². The highest BCUT2D eigenvalue weighted by atomic mass is 35.5. The number of sulfone groups is 1. The number of halogens is 1. The number of amides is 1. The Morgan fingerprint density at radius 3 is 2.52 bits per heavy atom. The predicted molar refractivity (Wildman–Crippen MR) is 114 cm³/mol. The third-order valence-electron chi connectivity index (χ3n) is 4.49. The van der Waals surface area contributed by atoms with Crippen molar-refractivity contribution in [3.63, 3.8) is 0 Å². The second kappa shape index (κ2) is 7.97. The van der Waals surface area contributed by atoms with Crippen molar-refractivity contribution in [2.24, 2.45) is 0 Å². The molecular formula is C20H16ClN5O4S. The van der Waals surface area contributed by atoms with Crippen LogP contribution in [0, 0.1) is 6.92 Å². The van der Waals surface area contributed by atoms with Crippen LogP contribution in [0.1, 0.15) is 5.56 Å². The molecule has 4 aromatic rings. The molecule has 0 radical (unpaired) electrons. The van der Waals surface area contributed by atoms with E-state index < -0.39 is 21.4 Å². The molecule has 0 bridgehead atoms. The third kappa shape index (κ3) is 4.07. The molecular weight excluding hydrogens is 442 g/mol. The molecule has 0 unspecified atom stereocenters. The average molecular weight is 458 g/mol. The Morgan fingerprint density at radius 2 is 1.81 bits per heavy atom. The lowest BCUT2D eigenvalue weighted by Crippen LogP contribution is -2.29. The van der Waals surface area contributed by atoms with Crippen LogP contribution in [0.15, 0.2) is 75.4 Å². The fourth-order valence-corrected chi connectivity index (χ4v) is 4.24. The van der Waals surface area contributed by atoms with Crippen molar-refractivity contribution < 1.29 is 13.2 Å². The van der Waals surface area contributed by atoms with E-state index in [2.05, 4.69) is 15.5 Å². The maximum absolute atomic E-state index is 12.7. The molecule has 2 aromatic heterocycles. The number of benzene rings is 2. The van der Waals surface area contributed by atoms with Gasteiger partial charge >= 0.3 is 5.69 Å². The van der Waals surface area contributed by atoms with Crippen LogP contribution in [-0.4, -0.2) is 33.7 Å². The minimum absolute atomic E-state index is 0.0541. The topological polar surface area (TPSA) is 115 Å². The van der Waals surface area contributed by atoms with Crippen LogP contribution in [-0.2, 0) is 21.2 Å². The zero-order chi connectivity index (χ0) is 22.2. The van der Waals surface area contributed by atoms with E-state index in [1.54, 1.807) is 36.4 Å². The molecule has 0 saturated carbocycles. The summed E-state index contributed by atoms with van der Waals surface area (Å²) >= 11 is 6.05. The monoisotopic (exact) mass is 457 g/mol. The van der Waals surface area contributed by atoms with E-state index in [0.717, 1.165) is 14.8 Å². The Labute approximate surface area is 181 Å². The number of hydrogen-bond acceptors (Lipinski definition) is 6. The Bertz CT molecular complexity index is 1460. The average Bonchev–Trinajstić information content (AvgIpc) is 3.06. The molecule has 0 aliphatic heterocycles. The quantitative estimate of drug-likeness (QED) is 0.491. The molecule has 4 rings (SSSR count). The van der Waals surface area contributed by atoms with E-state index in [0.29, 0.717) is 10.7 Å². The van der Waals surface area contributed by atoms with Gasteiger partial charge in [-0.2, -0.15) is 4.52 Å². The van der Waals surface area contributed by atoms with Crippen LogP contribution in [0.5, 0.6) is 0 Å². The van der Waals surface area contributed by atoms with Crippen molar-refractivity contribution in [3.8, 4) is 0 Å². The number of carbonyl (C=O) groups excluding carboxylic acids is 1. The minimum Gasteiger partial charge on any atom is -0.324 e. The number of nitrogens with zero attached hydrogens (tertiary/aromatic N) is 4. The van der Waals surface area contributed by atoms with Crippen LogP contribution in [0.3, 0.4) is 0 Å². The number of aryl methyl sites for hydroxylation is 1. The summed E-state index contributed by atoms with van der Waals surface area (Å²) in [6.07, 6.45) is 0. The molecule has 2 aromatic carbocycles. The van der Waals surface area contributed by atoms with Gasteiger partial charge in [0.05, 0.1) is 4.90 Å². The Hall–Kier alpha value is -3.50. The van der Waals surface area contributed by atoms with Gasteiger partial charge in [-0.25, -0.2) is 17.9 Å². The normalized spacial score (nSPS) is 11.5. The molecule has 11 heteroatoms. The number of fused-ring (bicyclic) bond motifs is 1. The Morgan fingerprint density at radius 1 is 1.06 bits per heavy atom. The van der Waals surface area contributed by atoms with Gasteiger partial charge in [-0.05, 0) is 48.9 Å². The zero-order valence-corrected chi connectivity index (χ0v) is 17.8. The second-order valence-electron chi connectivity index (χ2n) is 6.71. The number of nitrogens with one attached hydrogen (secondary N) is 1. The molecule has 0 atom stereocenters. The van der Waals surface area contributed by atoms with Gasteiger partial charge in [-0.3, -0.25) is 4.79 Å². The summed E-state index contributed by atoms with van der Waals surface area (Å²) in [7, 11) is -3.91. The molecule has 0 fully saturated rings. The van der Waals surface area contributed by atoms with Crippen LogP contribution in [0.2, 0.25) is 5.02 Å². The largest absolute Gasteiger partial charge is 0.367 e. The lowest BCUT2D eigenvalue weighted by atomic mass is 10.2. The second-order valence-corrected chi connectivity index (χ2v) is 9.01. The number of aromatic nitrogens is 4. The smallest absolute Gasteiger partial charge is 0.324 e. The molecule has 9 nitrogen and oxygen atoms in total. The molecule has 0 aliphatic carbocycles. The van der Waals surface area contributed by atoms with Gasteiger partial charge in [0.25, 0.3) is 0 Å². The van der Waals surface area contributed by atoms with Crippen molar-refractivity contribution in [2.45, 2.75) is 23.4 Å². The standard InChI is InChI=1S/C20H16ClN5O4S/c1-13-7-8-14(11-16(13)21)22-18(27)12-25-20(28)26-17(23-25)9-10-19(24-26)31(29,30)15-5-3-2-4-6-15/h2-11H,12H2,1H3,(H,22,27). The minimum atomic E-state index is -3.91. The Kier molecular flexibility index (Phi) is 5.34. The molecule has 0 aliphatic rings. The third-order valence-corrected chi connectivity index (χ3v) is 6.56. The number of anilines is 1. The molecule has 31 heavy (non-hydrogen) atoms. The summed E-state index contributed by atoms with van der Waals surface area (Å²) in [4.78, 5) is 25.0. The van der Waals surface area contributed by atoms with Crippen molar-refractivity contribution in [1.29, 1.82) is 0 Å². The lowest BCUT2D eigenvalue weighted by molar-refractivity contribution is -0.117. The summed E-state index contributed by atoms with van der Waals surface area (Å²) in [5.41, 5.74) is 0.718. The number of carbonyl (C=O) groups is 1. The van der Waals surface area contributed by atoms with E-state index in [9.17, 15) is 18.0 Å².